The SMILES string of the molecule is CC(C)c1cccc(Oc2cc(F)ccc2F)c1. The highest BCUT2D eigenvalue weighted by molar-refractivity contribution is 5.35. The molecule has 3 heteroatoms. The predicted octanol–water partition coefficient (Wildman–Crippen LogP) is 4.88. The van der Waals surface area contributed by atoms with Crippen LogP contribution in [0.2, 0.25) is 0 Å². The van der Waals surface area contributed by atoms with Crippen LogP contribution in [0.5, 0.6) is 11.5 Å². The van der Waals surface area contributed by atoms with E-state index in [-0.39, 0.29) is 5.75 Å². The fraction of sp³-hybridized carbons (Fsp3) is 0.200. The van der Waals surface area contributed by atoms with Gasteiger partial charge in [0.25, 0.3) is 0 Å². The maximum Gasteiger partial charge on any atom is 0.165 e. The number of ether oxygens (including phenoxy) is 1. The van der Waals surface area contributed by atoms with Gasteiger partial charge in [-0.05, 0) is 35.7 Å². The van der Waals surface area contributed by atoms with Crippen LogP contribution in [0.4, 0.5) is 8.78 Å². The van der Waals surface area contributed by atoms with Crippen LogP contribution in [-0.4, -0.2) is 0 Å². The molecule has 2 aromatic carbocycles. The van der Waals surface area contributed by atoms with Gasteiger partial charge in [-0.25, -0.2) is 8.78 Å². The van der Waals surface area contributed by atoms with Crippen molar-refractivity contribution >= 4 is 0 Å². The zero-order valence-corrected chi connectivity index (χ0v) is 10.3. The summed E-state index contributed by atoms with van der Waals surface area (Å²) in [7, 11) is 0. The molecule has 2 rings (SSSR count). The summed E-state index contributed by atoms with van der Waals surface area (Å²) < 4.78 is 31.8. The van der Waals surface area contributed by atoms with E-state index in [0.717, 1.165) is 23.8 Å². The molecule has 0 bridgehead atoms. The van der Waals surface area contributed by atoms with E-state index in [0.29, 0.717) is 11.7 Å². The summed E-state index contributed by atoms with van der Waals surface area (Å²) in [6, 6.07) is 10.5. The van der Waals surface area contributed by atoms with E-state index in [2.05, 4.69) is 13.8 Å². The third-order valence-corrected chi connectivity index (χ3v) is 2.65. The highest BCUT2D eigenvalue weighted by Crippen LogP contribution is 2.27. The zero-order valence-electron chi connectivity index (χ0n) is 10.3. The number of hydrogen-bond donors (Lipinski definition) is 0. The first-order valence-electron chi connectivity index (χ1n) is 5.79. The smallest absolute Gasteiger partial charge is 0.165 e. The third kappa shape index (κ3) is 2.86. The Bertz CT molecular complexity index is 550. The van der Waals surface area contributed by atoms with Crippen molar-refractivity contribution < 1.29 is 13.5 Å². The summed E-state index contributed by atoms with van der Waals surface area (Å²) in [6.07, 6.45) is 0. The van der Waals surface area contributed by atoms with Crippen molar-refractivity contribution in [2.24, 2.45) is 0 Å². The molecule has 0 fully saturated rings. The van der Waals surface area contributed by atoms with Crippen molar-refractivity contribution in [3.63, 3.8) is 0 Å². The maximum atomic E-state index is 13.4. The van der Waals surface area contributed by atoms with Crippen LogP contribution < -0.4 is 4.74 Å². The molecule has 0 saturated carbocycles. The first-order chi connectivity index (χ1) is 8.56. The van der Waals surface area contributed by atoms with E-state index >= 15 is 0 Å². The molecular weight excluding hydrogens is 234 g/mol. The van der Waals surface area contributed by atoms with Crippen molar-refractivity contribution in [2.45, 2.75) is 19.8 Å². The van der Waals surface area contributed by atoms with Crippen molar-refractivity contribution in [3.05, 3.63) is 59.7 Å². The summed E-state index contributed by atoms with van der Waals surface area (Å²) in [6.45, 7) is 4.11. The van der Waals surface area contributed by atoms with Crippen molar-refractivity contribution in [2.75, 3.05) is 0 Å². The molecule has 0 amide bonds. The molecule has 0 aliphatic heterocycles. The average Bonchev–Trinajstić information content (AvgIpc) is 2.34. The largest absolute Gasteiger partial charge is 0.454 e. The van der Waals surface area contributed by atoms with E-state index in [9.17, 15) is 8.78 Å². The Balaban J connectivity index is 2.28. The first-order valence-corrected chi connectivity index (χ1v) is 5.79. The molecule has 0 atom stereocenters. The lowest BCUT2D eigenvalue weighted by Gasteiger charge is -2.10. The van der Waals surface area contributed by atoms with Gasteiger partial charge in [-0.2, -0.15) is 0 Å². The van der Waals surface area contributed by atoms with Crippen molar-refractivity contribution in [1.29, 1.82) is 0 Å². The minimum Gasteiger partial charge on any atom is -0.454 e. The molecule has 0 N–H and O–H groups in total. The number of halogens is 2. The molecule has 0 aliphatic rings. The second kappa shape index (κ2) is 5.17. The third-order valence-electron chi connectivity index (χ3n) is 2.65. The van der Waals surface area contributed by atoms with Gasteiger partial charge in [-0.1, -0.05) is 26.0 Å². The van der Waals surface area contributed by atoms with Gasteiger partial charge in [0.2, 0.25) is 0 Å². The molecule has 94 valence electrons. The molecule has 18 heavy (non-hydrogen) atoms. The molecule has 0 aliphatic carbocycles. The minimum atomic E-state index is -0.577. The van der Waals surface area contributed by atoms with Crippen LogP contribution in [0.15, 0.2) is 42.5 Å². The zero-order chi connectivity index (χ0) is 13.1. The van der Waals surface area contributed by atoms with Crippen LogP contribution in [0.25, 0.3) is 0 Å². The van der Waals surface area contributed by atoms with Gasteiger partial charge in [0.1, 0.15) is 11.6 Å². The molecule has 0 spiro atoms. The van der Waals surface area contributed by atoms with Crippen LogP contribution in [-0.2, 0) is 0 Å². The lowest BCUT2D eigenvalue weighted by atomic mass is 10.0. The Morgan fingerprint density at radius 2 is 1.78 bits per heavy atom. The van der Waals surface area contributed by atoms with Gasteiger partial charge < -0.3 is 4.74 Å². The lowest BCUT2D eigenvalue weighted by Crippen LogP contribution is -1.92. The summed E-state index contributed by atoms with van der Waals surface area (Å²) in [5.74, 6) is -0.342. The van der Waals surface area contributed by atoms with E-state index in [1.54, 1.807) is 6.07 Å². The molecule has 0 saturated heterocycles. The molecule has 0 radical (unpaired) electrons. The fourth-order valence-electron chi connectivity index (χ4n) is 1.62. The van der Waals surface area contributed by atoms with Gasteiger partial charge in [-0.3, -0.25) is 0 Å². The van der Waals surface area contributed by atoms with E-state index in [4.69, 9.17) is 4.74 Å². The van der Waals surface area contributed by atoms with E-state index in [1.165, 1.54) is 0 Å². The Labute approximate surface area is 105 Å². The van der Waals surface area contributed by atoms with Crippen LogP contribution in [0.1, 0.15) is 25.3 Å². The van der Waals surface area contributed by atoms with E-state index < -0.39 is 11.6 Å². The minimum absolute atomic E-state index is 0.101. The molecule has 0 aromatic heterocycles. The number of benzene rings is 2. The van der Waals surface area contributed by atoms with Gasteiger partial charge >= 0.3 is 0 Å². The lowest BCUT2D eigenvalue weighted by molar-refractivity contribution is 0.436. The molecule has 0 heterocycles. The monoisotopic (exact) mass is 248 g/mol. The van der Waals surface area contributed by atoms with Gasteiger partial charge in [-0.15, -0.1) is 0 Å². The van der Waals surface area contributed by atoms with Crippen LogP contribution in [0.3, 0.4) is 0 Å². The standard InChI is InChI=1S/C15H14F2O/c1-10(2)11-4-3-5-13(8-11)18-15-9-12(16)6-7-14(15)17/h3-10H,1-2H3. The topological polar surface area (TPSA) is 9.23 Å². The van der Waals surface area contributed by atoms with Gasteiger partial charge in [0.15, 0.2) is 11.6 Å². The quantitative estimate of drug-likeness (QED) is 0.752. The second-order valence-electron chi connectivity index (χ2n) is 4.40. The highest BCUT2D eigenvalue weighted by atomic mass is 19.1. The summed E-state index contributed by atoms with van der Waals surface area (Å²) in [5.41, 5.74) is 1.09. The van der Waals surface area contributed by atoms with Gasteiger partial charge in [0, 0.05) is 6.07 Å². The predicted molar refractivity (Wildman–Crippen MR) is 67.0 cm³/mol. The van der Waals surface area contributed by atoms with Crippen LogP contribution >= 0.6 is 0 Å². The first kappa shape index (κ1) is 12.6. The van der Waals surface area contributed by atoms with Gasteiger partial charge in [0.05, 0.1) is 0 Å². The summed E-state index contributed by atoms with van der Waals surface area (Å²) in [5, 5.41) is 0. The summed E-state index contributed by atoms with van der Waals surface area (Å²) in [4.78, 5) is 0. The number of hydrogen-bond acceptors (Lipinski definition) is 1. The Morgan fingerprint density at radius 3 is 2.50 bits per heavy atom. The molecule has 2 aromatic rings. The molecule has 1 nitrogen and oxygen atoms in total. The van der Waals surface area contributed by atoms with Crippen LogP contribution in [0, 0.1) is 11.6 Å². The normalized spacial score (nSPS) is 10.7. The van der Waals surface area contributed by atoms with Crippen molar-refractivity contribution in [1.82, 2.24) is 0 Å². The molecular formula is C15H14F2O. The highest BCUT2D eigenvalue weighted by Gasteiger charge is 2.07. The summed E-state index contributed by atoms with van der Waals surface area (Å²) >= 11 is 0. The fourth-order valence-corrected chi connectivity index (χ4v) is 1.62. The Kier molecular flexibility index (Phi) is 3.60. The molecule has 0 unspecified atom stereocenters. The maximum absolute atomic E-state index is 13.4. The van der Waals surface area contributed by atoms with E-state index in [1.807, 2.05) is 18.2 Å². The average molecular weight is 248 g/mol. The number of rotatable bonds is 3. The Hall–Kier alpha value is -1.90. The second-order valence-corrected chi connectivity index (χ2v) is 4.40. The Morgan fingerprint density at radius 1 is 1.00 bits per heavy atom. The van der Waals surface area contributed by atoms with Crippen molar-refractivity contribution in [3.8, 4) is 11.5 Å².